The molecule has 0 bridgehead atoms. The number of nitrogens with zero attached hydrogens (tertiary/aromatic N) is 1. The highest BCUT2D eigenvalue weighted by molar-refractivity contribution is 5.92. The van der Waals surface area contributed by atoms with Gasteiger partial charge in [-0.25, -0.2) is 4.98 Å². The first-order valence-electron chi connectivity index (χ1n) is 7.01. The highest BCUT2D eigenvalue weighted by Gasteiger charge is 2.08. The van der Waals surface area contributed by atoms with Gasteiger partial charge in [0.2, 0.25) is 0 Å². The molecular weight excluding hydrogens is 236 g/mol. The molecule has 2 rings (SSSR count). The maximum atomic E-state index is 9.30. The molecule has 1 heterocycles. The standard InChI is InChI=1S/C16H22N2O/c1-3-12(4-2)10-17-16-15-8-6-5-7-13(15)9-14(11-19)18-16/h5-9,12,19H,3-4,10-11H2,1-2H3,(H,17,18). The molecule has 3 nitrogen and oxygen atoms in total. The van der Waals surface area contributed by atoms with Crippen LogP contribution in [0.15, 0.2) is 30.3 Å². The van der Waals surface area contributed by atoms with E-state index in [1.807, 2.05) is 18.2 Å². The predicted octanol–water partition coefficient (Wildman–Crippen LogP) is 3.58. The Kier molecular flexibility index (Phi) is 4.74. The van der Waals surface area contributed by atoms with Gasteiger partial charge in [-0.1, -0.05) is 51.0 Å². The predicted molar refractivity (Wildman–Crippen MR) is 80.2 cm³/mol. The van der Waals surface area contributed by atoms with E-state index in [0.29, 0.717) is 11.6 Å². The number of anilines is 1. The number of nitrogens with one attached hydrogen (secondary N) is 1. The molecule has 0 radical (unpaired) electrons. The van der Waals surface area contributed by atoms with Crippen molar-refractivity contribution in [3.8, 4) is 0 Å². The third kappa shape index (κ3) is 3.24. The highest BCUT2D eigenvalue weighted by atomic mass is 16.3. The van der Waals surface area contributed by atoms with Crippen LogP contribution in [0.2, 0.25) is 0 Å². The minimum Gasteiger partial charge on any atom is -0.390 e. The fraction of sp³-hybridized carbons (Fsp3) is 0.438. The van der Waals surface area contributed by atoms with Crippen LogP contribution >= 0.6 is 0 Å². The number of benzene rings is 1. The van der Waals surface area contributed by atoms with E-state index in [0.717, 1.165) is 23.1 Å². The summed E-state index contributed by atoms with van der Waals surface area (Å²) in [6, 6.07) is 10.1. The van der Waals surface area contributed by atoms with Gasteiger partial charge in [0.05, 0.1) is 12.3 Å². The maximum absolute atomic E-state index is 9.30. The molecular formula is C16H22N2O. The lowest BCUT2D eigenvalue weighted by Gasteiger charge is -2.15. The molecule has 1 aromatic carbocycles. The third-order valence-electron chi connectivity index (χ3n) is 3.67. The molecule has 0 fully saturated rings. The van der Waals surface area contributed by atoms with Gasteiger partial charge in [0, 0.05) is 11.9 Å². The molecule has 2 aromatic rings. The van der Waals surface area contributed by atoms with Crippen LogP contribution in [0, 0.1) is 5.92 Å². The van der Waals surface area contributed by atoms with Gasteiger partial charge in [-0.05, 0) is 17.4 Å². The zero-order valence-corrected chi connectivity index (χ0v) is 11.7. The van der Waals surface area contributed by atoms with Gasteiger partial charge in [0.15, 0.2) is 0 Å². The number of aromatic nitrogens is 1. The molecule has 0 aliphatic heterocycles. The summed E-state index contributed by atoms with van der Waals surface area (Å²) in [7, 11) is 0. The number of hydrogen-bond donors (Lipinski definition) is 2. The topological polar surface area (TPSA) is 45.2 Å². The van der Waals surface area contributed by atoms with Crippen molar-refractivity contribution in [2.75, 3.05) is 11.9 Å². The van der Waals surface area contributed by atoms with Crippen LogP contribution < -0.4 is 5.32 Å². The van der Waals surface area contributed by atoms with Crippen LogP contribution in [0.4, 0.5) is 5.82 Å². The summed E-state index contributed by atoms with van der Waals surface area (Å²) in [5.41, 5.74) is 0.714. The fourth-order valence-corrected chi connectivity index (χ4v) is 2.29. The van der Waals surface area contributed by atoms with Gasteiger partial charge in [0.25, 0.3) is 0 Å². The Balaban J connectivity index is 2.30. The Morgan fingerprint density at radius 3 is 2.63 bits per heavy atom. The number of hydrogen-bond acceptors (Lipinski definition) is 3. The number of fused-ring (bicyclic) bond motifs is 1. The zero-order valence-electron chi connectivity index (χ0n) is 11.7. The van der Waals surface area contributed by atoms with Crippen molar-refractivity contribution in [2.45, 2.75) is 33.3 Å². The number of aliphatic hydroxyl groups is 1. The molecule has 0 spiro atoms. The Morgan fingerprint density at radius 2 is 1.95 bits per heavy atom. The summed E-state index contributed by atoms with van der Waals surface area (Å²) in [5.74, 6) is 1.55. The van der Waals surface area contributed by atoms with Gasteiger partial charge in [-0.2, -0.15) is 0 Å². The monoisotopic (exact) mass is 258 g/mol. The molecule has 0 saturated carbocycles. The van der Waals surface area contributed by atoms with Gasteiger partial charge in [-0.15, -0.1) is 0 Å². The molecule has 0 aliphatic carbocycles. The molecule has 0 unspecified atom stereocenters. The molecule has 0 saturated heterocycles. The van der Waals surface area contributed by atoms with E-state index >= 15 is 0 Å². The van der Waals surface area contributed by atoms with Crippen LogP contribution in [-0.2, 0) is 6.61 Å². The van der Waals surface area contributed by atoms with Gasteiger partial charge >= 0.3 is 0 Å². The molecule has 0 atom stereocenters. The normalized spacial score (nSPS) is 11.2. The summed E-state index contributed by atoms with van der Waals surface area (Å²) < 4.78 is 0. The van der Waals surface area contributed by atoms with E-state index in [1.165, 1.54) is 12.8 Å². The first-order chi connectivity index (χ1) is 9.28. The lowest BCUT2D eigenvalue weighted by atomic mass is 10.0. The molecule has 0 amide bonds. The van der Waals surface area contributed by atoms with E-state index in [4.69, 9.17) is 0 Å². The van der Waals surface area contributed by atoms with Crippen LogP contribution in [0.3, 0.4) is 0 Å². The van der Waals surface area contributed by atoms with Crippen molar-refractivity contribution < 1.29 is 5.11 Å². The van der Waals surface area contributed by atoms with Gasteiger partial charge in [0.1, 0.15) is 5.82 Å². The molecule has 1 aromatic heterocycles. The van der Waals surface area contributed by atoms with E-state index in [-0.39, 0.29) is 6.61 Å². The average Bonchev–Trinajstić information content (AvgIpc) is 2.47. The second kappa shape index (κ2) is 6.53. The van der Waals surface area contributed by atoms with Crippen LogP contribution in [0.5, 0.6) is 0 Å². The quantitative estimate of drug-likeness (QED) is 0.832. The first-order valence-corrected chi connectivity index (χ1v) is 7.01. The minimum absolute atomic E-state index is 0.0233. The van der Waals surface area contributed by atoms with E-state index < -0.39 is 0 Å². The number of rotatable bonds is 6. The summed E-state index contributed by atoms with van der Waals surface area (Å²) in [6.07, 6.45) is 2.34. The molecule has 3 heteroatoms. The fourth-order valence-electron chi connectivity index (χ4n) is 2.29. The smallest absolute Gasteiger partial charge is 0.134 e. The SMILES string of the molecule is CCC(CC)CNc1nc(CO)cc2ccccc12. The first kappa shape index (κ1) is 13.8. The molecule has 0 aliphatic rings. The average molecular weight is 258 g/mol. The third-order valence-corrected chi connectivity index (χ3v) is 3.67. The van der Waals surface area contributed by atoms with Gasteiger partial charge in [-0.3, -0.25) is 0 Å². The summed E-state index contributed by atoms with van der Waals surface area (Å²) in [6.45, 7) is 5.33. The van der Waals surface area contributed by atoms with Crippen molar-refractivity contribution in [2.24, 2.45) is 5.92 Å². The van der Waals surface area contributed by atoms with Crippen LogP contribution in [-0.4, -0.2) is 16.6 Å². The summed E-state index contributed by atoms with van der Waals surface area (Å²) >= 11 is 0. The minimum atomic E-state index is -0.0233. The Morgan fingerprint density at radius 1 is 1.21 bits per heavy atom. The molecule has 2 N–H and O–H groups in total. The lowest BCUT2D eigenvalue weighted by Crippen LogP contribution is -2.14. The van der Waals surface area contributed by atoms with Gasteiger partial charge < -0.3 is 10.4 Å². The number of aliphatic hydroxyl groups excluding tert-OH is 1. The van der Waals surface area contributed by atoms with Crippen molar-refractivity contribution in [1.82, 2.24) is 4.98 Å². The molecule has 19 heavy (non-hydrogen) atoms. The van der Waals surface area contributed by atoms with E-state index in [2.05, 4.69) is 36.3 Å². The second-order valence-electron chi connectivity index (χ2n) is 4.90. The Hall–Kier alpha value is -1.61. The Labute approximate surface area is 114 Å². The Bertz CT molecular complexity index is 535. The maximum Gasteiger partial charge on any atom is 0.134 e. The van der Waals surface area contributed by atoms with Crippen molar-refractivity contribution in [3.05, 3.63) is 36.0 Å². The zero-order chi connectivity index (χ0) is 13.7. The molecule has 102 valence electrons. The lowest BCUT2D eigenvalue weighted by molar-refractivity contribution is 0.277. The second-order valence-corrected chi connectivity index (χ2v) is 4.90. The van der Waals surface area contributed by atoms with Crippen molar-refractivity contribution in [1.29, 1.82) is 0 Å². The summed E-state index contributed by atoms with van der Waals surface area (Å²) in [4.78, 5) is 4.50. The van der Waals surface area contributed by atoms with E-state index in [9.17, 15) is 5.11 Å². The van der Waals surface area contributed by atoms with E-state index in [1.54, 1.807) is 0 Å². The van der Waals surface area contributed by atoms with Crippen molar-refractivity contribution >= 4 is 16.6 Å². The van der Waals surface area contributed by atoms with Crippen molar-refractivity contribution in [3.63, 3.8) is 0 Å². The number of pyridine rings is 1. The van der Waals surface area contributed by atoms with Crippen LogP contribution in [0.25, 0.3) is 10.8 Å². The largest absolute Gasteiger partial charge is 0.390 e. The summed E-state index contributed by atoms with van der Waals surface area (Å²) in [5, 5.41) is 15.0. The van der Waals surface area contributed by atoms with Crippen LogP contribution in [0.1, 0.15) is 32.4 Å². The highest BCUT2D eigenvalue weighted by Crippen LogP contribution is 2.23.